The number of carbonyl (C=O) groups excluding carboxylic acids is 1. The van der Waals surface area contributed by atoms with E-state index in [2.05, 4.69) is 19.2 Å². The van der Waals surface area contributed by atoms with E-state index in [-0.39, 0.29) is 22.8 Å². The van der Waals surface area contributed by atoms with Gasteiger partial charge in [-0.3, -0.25) is 0 Å². The van der Waals surface area contributed by atoms with E-state index in [1.54, 1.807) is 30.9 Å². The van der Waals surface area contributed by atoms with Crippen LogP contribution in [0, 0.1) is 6.92 Å². The molecule has 3 aromatic rings. The smallest absolute Gasteiger partial charge is 0.322 e. The fourth-order valence-corrected chi connectivity index (χ4v) is 7.51. The molecule has 0 saturated carbocycles. The van der Waals surface area contributed by atoms with Gasteiger partial charge in [0.05, 0.1) is 10.6 Å². The Labute approximate surface area is 255 Å². The number of benzene rings is 3. The molecule has 1 N–H and O–H groups in total. The maximum absolute atomic E-state index is 13.9. The number of ether oxygens (including phenoxy) is 1. The second-order valence-corrected chi connectivity index (χ2v) is 14.1. The summed E-state index contributed by atoms with van der Waals surface area (Å²) in [5.41, 5.74) is 2.92. The van der Waals surface area contributed by atoms with Gasteiger partial charge in [0, 0.05) is 36.1 Å². The molecule has 9 heteroatoms. The van der Waals surface area contributed by atoms with Gasteiger partial charge in [0.15, 0.2) is 5.75 Å². The van der Waals surface area contributed by atoms with Gasteiger partial charge in [0.1, 0.15) is 5.75 Å². The summed E-state index contributed by atoms with van der Waals surface area (Å²) in [5, 5.41) is 3.68. The van der Waals surface area contributed by atoms with Gasteiger partial charge < -0.3 is 15.0 Å². The van der Waals surface area contributed by atoms with Crippen LogP contribution in [-0.4, -0.2) is 48.8 Å². The molecule has 0 spiro atoms. The maximum Gasteiger partial charge on any atom is 0.322 e. The van der Waals surface area contributed by atoms with E-state index in [0.29, 0.717) is 41.8 Å². The highest BCUT2D eigenvalue weighted by Gasteiger charge is 2.44. The van der Waals surface area contributed by atoms with E-state index >= 15 is 0 Å². The summed E-state index contributed by atoms with van der Waals surface area (Å²) < 4.78 is 34.7. The van der Waals surface area contributed by atoms with Gasteiger partial charge in [-0.05, 0) is 86.2 Å². The molecule has 3 aromatic carbocycles. The van der Waals surface area contributed by atoms with E-state index in [9.17, 15) is 13.2 Å². The number of aryl methyl sites for hydroxylation is 1. The molecule has 1 aliphatic rings. The summed E-state index contributed by atoms with van der Waals surface area (Å²) in [7, 11) is -3.77. The van der Waals surface area contributed by atoms with Crippen molar-refractivity contribution in [1.29, 1.82) is 0 Å². The SMILES string of the molecule is CCN(CC)S(=O)(=O)c1ccc(Oc2cc(C)ccc2C(C)C)c(NC(=O)N2CCC(c3cccc(Cl)c3)C2(C)C)c1. The number of sulfonamides is 1. The van der Waals surface area contributed by atoms with Gasteiger partial charge in [-0.15, -0.1) is 0 Å². The molecule has 0 aromatic heterocycles. The third-order valence-electron chi connectivity index (χ3n) is 8.23. The molecule has 2 amide bonds. The van der Waals surface area contributed by atoms with Crippen LogP contribution >= 0.6 is 11.6 Å². The number of urea groups is 1. The lowest BCUT2D eigenvalue weighted by Gasteiger charge is -2.36. The number of likely N-dealkylation sites (tertiary alicyclic amines) is 1. The topological polar surface area (TPSA) is 79.0 Å². The largest absolute Gasteiger partial charge is 0.455 e. The van der Waals surface area contributed by atoms with Crippen molar-refractivity contribution >= 4 is 33.3 Å². The summed E-state index contributed by atoms with van der Waals surface area (Å²) in [6.07, 6.45) is 0.779. The van der Waals surface area contributed by atoms with E-state index in [1.807, 2.05) is 63.2 Å². The van der Waals surface area contributed by atoms with Gasteiger partial charge in [0.2, 0.25) is 10.0 Å². The van der Waals surface area contributed by atoms with Crippen LogP contribution in [0.1, 0.15) is 76.5 Å². The van der Waals surface area contributed by atoms with Crippen molar-refractivity contribution in [3.05, 3.63) is 82.4 Å². The average molecular weight is 612 g/mol. The molecule has 4 rings (SSSR count). The van der Waals surface area contributed by atoms with Crippen LogP contribution < -0.4 is 10.1 Å². The van der Waals surface area contributed by atoms with Crippen LogP contribution in [0.5, 0.6) is 11.5 Å². The molecule has 0 radical (unpaired) electrons. The summed E-state index contributed by atoms with van der Waals surface area (Å²) in [6.45, 7) is 15.1. The first-order chi connectivity index (χ1) is 19.8. The first-order valence-corrected chi connectivity index (χ1v) is 16.4. The highest BCUT2D eigenvalue weighted by Crippen LogP contribution is 2.43. The summed E-state index contributed by atoms with van der Waals surface area (Å²) in [6, 6.07) is 18.2. The van der Waals surface area contributed by atoms with Gasteiger partial charge in [-0.1, -0.05) is 63.6 Å². The first kappa shape index (κ1) is 31.9. The molecule has 0 bridgehead atoms. The molecule has 1 atom stereocenters. The van der Waals surface area contributed by atoms with Crippen molar-refractivity contribution in [3.63, 3.8) is 0 Å². The van der Waals surface area contributed by atoms with E-state index in [0.717, 1.165) is 23.1 Å². The number of rotatable bonds is 9. The number of amides is 2. The average Bonchev–Trinajstić information content (AvgIpc) is 3.24. The fraction of sp³-hybridized carbons (Fsp3) is 0.424. The lowest BCUT2D eigenvalue weighted by Crippen LogP contribution is -2.47. The minimum Gasteiger partial charge on any atom is -0.455 e. The molecular formula is C33H42ClN3O4S. The molecular weight excluding hydrogens is 570 g/mol. The third-order valence-corrected chi connectivity index (χ3v) is 10.5. The summed E-state index contributed by atoms with van der Waals surface area (Å²) in [4.78, 5) is 15.8. The van der Waals surface area contributed by atoms with Crippen molar-refractivity contribution in [1.82, 2.24) is 9.21 Å². The third kappa shape index (κ3) is 6.46. The lowest BCUT2D eigenvalue weighted by atomic mass is 9.83. The minimum atomic E-state index is -3.77. The van der Waals surface area contributed by atoms with Crippen molar-refractivity contribution in [3.8, 4) is 11.5 Å². The van der Waals surface area contributed by atoms with Crippen LogP contribution in [0.2, 0.25) is 5.02 Å². The summed E-state index contributed by atoms with van der Waals surface area (Å²) >= 11 is 6.28. The molecule has 226 valence electrons. The molecule has 42 heavy (non-hydrogen) atoms. The molecule has 1 unspecified atom stereocenters. The Morgan fingerprint density at radius 1 is 1.07 bits per heavy atom. The second-order valence-electron chi connectivity index (χ2n) is 11.7. The van der Waals surface area contributed by atoms with Crippen LogP contribution in [0.25, 0.3) is 0 Å². The highest BCUT2D eigenvalue weighted by atomic mass is 35.5. The lowest BCUT2D eigenvalue weighted by molar-refractivity contribution is 0.171. The quantitative estimate of drug-likeness (QED) is 0.263. The maximum atomic E-state index is 13.9. The Bertz CT molecular complexity index is 1550. The number of hydrogen-bond donors (Lipinski definition) is 1. The van der Waals surface area contributed by atoms with E-state index < -0.39 is 15.6 Å². The van der Waals surface area contributed by atoms with Gasteiger partial charge in [0.25, 0.3) is 0 Å². The van der Waals surface area contributed by atoms with Gasteiger partial charge >= 0.3 is 6.03 Å². The Balaban J connectivity index is 1.73. The van der Waals surface area contributed by atoms with Crippen molar-refractivity contribution in [2.45, 2.75) is 77.2 Å². The van der Waals surface area contributed by atoms with E-state index in [1.165, 1.54) is 10.4 Å². The second kappa shape index (κ2) is 12.7. The zero-order valence-electron chi connectivity index (χ0n) is 25.6. The zero-order chi connectivity index (χ0) is 30.8. The van der Waals surface area contributed by atoms with Gasteiger partial charge in [-0.25, -0.2) is 13.2 Å². The minimum absolute atomic E-state index is 0.0907. The first-order valence-electron chi connectivity index (χ1n) is 14.6. The highest BCUT2D eigenvalue weighted by molar-refractivity contribution is 7.89. The number of nitrogens with one attached hydrogen (secondary N) is 1. The Morgan fingerprint density at radius 2 is 1.79 bits per heavy atom. The Kier molecular flexibility index (Phi) is 9.60. The molecule has 1 heterocycles. The van der Waals surface area contributed by atoms with Crippen LogP contribution in [0.3, 0.4) is 0 Å². The Morgan fingerprint density at radius 3 is 2.43 bits per heavy atom. The zero-order valence-corrected chi connectivity index (χ0v) is 27.1. The molecule has 0 aliphatic carbocycles. The predicted octanol–water partition coefficient (Wildman–Crippen LogP) is 8.39. The molecule has 1 aliphatic heterocycles. The predicted molar refractivity (Wildman–Crippen MR) is 171 cm³/mol. The number of carbonyl (C=O) groups is 1. The molecule has 7 nitrogen and oxygen atoms in total. The van der Waals surface area contributed by atoms with Crippen LogP contribution in [-0.2, 0) is 10.0 Å². The van der Waals surface area contributed by atoms with Crippen molar-refractivity contribution < 1.29 is 17.9 Å². The van der Waals surface area contributed by atoms with Crippen molar-refractivity contribution in [2.24, 2.45) is 0 Å². The summed E-state index contributed by atoms with van der Waals surface area (Å²) in [5.74, 6) is 1.34. The van der Waals surface area contributed by atoms with Crippen LogP contribution in [0.15, 0.2) is 65.6 Å². The molecule has 1 fully saturated rings. The molecule has 1 saturated heterocycles. The number of hydrogen-bond acceptors (Lipinski definition) is 4. The van der Waals surface area contributed by atoms with E-state index in [4.69, 9.17) is 16.3 Å². The van der Waals surface area contributed by atoms with Crippen LogP contribution in [0.4, 0.5) is 10.5 Å². The van der Waals surface area contributed by atoms with Gasteiger partial charge in [-0.2, -0.15) is 4.31 Å². The number of halogens is 1. The number of anilines is 1. The normalized spacial score (nSPS) is 16.7. The fourth-order valence-electron chi connectivity index (χ4n) is 5.83. The standard InChI is InChI=1S/C33H42ClN3O4S/c1-8-36(9-2)42(39,40)26-14-16-30(41-31-19-23(5)13-15-27(31)22(3)4)29(21-26)35-32(38)37-18-17-28(33(37,6)7)24-11-10-12-25(34)20-24/h10-16,19-22,28H,8-9,17-18H2,1-7H3,(H,35,38). The van der Waals surface area contributed by atoms with Crippen molar-refractivity contribution in [2.75, 3.05) is 25.0 Å². The monoisotopic (exact) mass is 611 g/mol. The Hall–Kier alpha value is -3.07. The number of nitrogens with zero attached hydrogens (tertiary/aromatic N) is 2.